The number of anilines is 6. The Bertz CT molecular complexity index is 2950. The van der Waals surface area contributed by atoms with E-state index in [1.807, 2.05) is 24.5 Å². The molecular weight excluding hydrogens is 914 g/mol. The Morgan fingerprint density at radius 2 is 1.17 bits per heavy atom. The number of hydrogen-bond donors (Lipinski definition) is 0. The summed E-state index contributed by atoms with van der Waals surface area (Å²) in [5.74, 6) is 1.53. The Morgan fingerprint density at radius 1 is 0.583 bits per heavy atom. The van der Waals surface area contributed by atoms with Gasteiger partial charge < -0.3 is 19.5 Å². The van der Waals surface area contributed by atoms with E-state index in [0.717, 1.165) is 55.7 Å². The molecule has 5 nitrogen and oxygen atoms in total. The molecule has 0 saturated heterocycles. The molecule has 0 fully saturated rings. The van der Waals surface area contributed by atoms with Crippen LogP contribution in [0.15, 0.2) is 122 Å². The third-order valence-corrected chi connectivity index (χ3v) is 12.1. The molecule has 2 aromatic heterocycles. The Balaban J connectivity index is 0.00000462. The summed E-state index contributed by atoms with van der Waals surface area (Å²) < 4.78 is 6.61. The molecule has 6 aromatic carbocycles. The van der Waals surface area contributed by atoms with E-state index in [2.05, 4.69) is 179 Å². The van der Waals surface area contributed by atoms with Crippen molar-refractivity contribution in [2.24, 2.45) is 0 Å². The van der Waals surface area contributed by atoms with Crippen LogP contribution in [0.25, 0.3) is 22.0 Å². The second-order valence-electron chi connectivity index (χ2n) is 16.7. The van der Waals surface area contributed by atoms with Gasteiger partial charge in [0.1, 0.15) is 0 Å². The number of nitrogens with zero attached hydrogens (tertiary/aromatic N) is 4. The van der Waals surface area contributed by atoms with Crippen LogP contribution in [0.1, 0.15) is 58.7 Å². The van der Waals surface area contributed by atoms with Gasteiger partial charge in [-0.25, -0.2) is 4.98 Å². The first-order chi connectivity index (χ1) is 28.5. The number of rotatable bonds is 6. The summed E-state index contributed by atoms with van der Waals surface area (Å²) in [7, 11) is 0. The van der Waals surface area contributed by atoms with Crippen LogP contribution in [0.3, 0.4) is 0 Å². The summed E-state index contributed by atoms with van der Waals surface area (Å²) in [6, 6.07) is 47.2. The molecule has 4 heterocycles. The van der Waals surface area contributed by atoms with E-state index in [1.165, 1.54) is 55.8 Å². The average Bonchev–Trinajstić information content (AvgIpc) is 3.21. The fourth-order valence-corrected chi connectivity index (χ4v) is 9.75. The summed E-state index contributed by atoms with van der Waals surface area (Å²) in [6.45, 7) is 17.4. The minimum absolute atomic E-state index is 0. The number of hydrogen-bond acceptors (Lipinski definition) is 5. The van der Waals surface area contributed by atoms with Gasteiger partial charge in [-0.05, 0) is 127 Å². The molecule has 2 aliphatic rings. The molecule has 0 spiro atoms. The van der Waals surface area contributed by atoms with Crippen molar-refractivity contribution >= 4 is 68.0 Å². The normalized spacial score (nSPS) is 12.6. The smallest absolute Gasteiger partial charge is 0.466 e. The van der Waals surface area contributed by atoms with Gasteiger partial charge in [-0.1, -0.05) is 85.3 Å². The van der Waals surface area contributed by atoms with Crippen molar-refractivity contribution in [1.29, 1.82) is 0 Å². The Labute approximate surface area is 368 Å². The van der Waals surface area contributed by atoms with Gasteiger partial charge in [-0.15, -0.1) is 47.4 Å². The molecule has 0 unspecified atom stereocenters. The Morgan fingerprint density at radius 3 is 1.80 bits per heavy atom. The molecule has 0 amide bonds. The monoisotopic (exact) mass is 959 g/mol. The zero-order valence-corrected chi connectivity index (χ0v) is 37.5. The van der Waals surface area contributed by atoms with Crippen LogP contribution >= 0.6 is 0 Å². The molecule has 0 saturated carbocycles. The van der Waals surface area contributed by atoms with E-state index in [0.29, 0.717) is 17.5 Å². The number of fused-ring (bicyclic) bond motifs is 5. The van der Waals surface area contributed by atoms with Crippen LogP contribution in [0.2, 0.25) is 0 Å². The quantitative estimate of drug-likeness (QED) is 0.123. The van der Waals surface area contributed by atoms with E-state index in [4.69, 9.17) is 9.72 Å². The fraction of sp³-hybridized carbons (Fsp3) is 0.170. The van der Waals surface area contributed by atoms with E-state index in [-0.39, 0.29) is 27.8 Å². The molecular formula is C53H45BN4OPt. The first kappa shape index (κ1) is 39.5. The summed E-state index contributed by atoms with van der Waals surface area (Å²) in [6.07, 6.45) is 3.73. The fourth-order valence-electron chi connectivity index (χ4n) is 9.75. The van der Waals surface area contributed by atoms with Gasteiger partial charge in [-0.3, -0.25) is 0 Å². The van der Waals surface area contributed by atoms with E-state index in [9.17, 15) is 0 Å². The molecule has 0 N–H and O–H groups in total. The van der Waals surface area contributed by atoms with Gasteiger partial charge in [-0.2, -0.15) is 5.46 Å². The van der Waals surface area contributed by atoms with Crippen LogP contribution in [-0.4, -0.2) is 16.7 Å². The molecule has 2 aliphatic heterocycles. The molecule has 7 heteroatoms. The van der Waals surface area contributed by atoms with Crippen molar-refractivity contribution in [1.82, 2.24) is 9.97 Å². The third kappa shape index (κ3) is 6.44. The number of ether oxygens (including phenoxy) is 1. The number of benzene rings is 6. The topological polar surface area (TPSA) is 41.5 Å². The predicted octanol–water partition coefficient (Wildman–Crippen LogP) is 11.7. The van der Waals surface area contributed by atoms with Crippen molar-refractivity contribution in [2.75, 3.05) is 9.80 Å². The molecule has 296 valence electrons. The first-order valence-corrected chi connectivity index (χ1v) is 20.5. The molecule has 60 heavy (non-hydrogen) atoms. The second-order valence-corrected chi connectivity index (χ2v) is 16.7. The second kappa shape index (κ2) is 15.2. The van der Waals surface area contributed by atoms with Crippen LogP contribution in [-0.2, 0) is 21.1 Å². The number of pyridine rings is 2. The Hall–Kier alpha value is -5.97. The third-order valence-electron chi connectivity index (χ3n) is 12.1. The molecule has 10 rings (SSSR count). The summed E-state index contributed by atoms with van der Waals surface area (Å²) in [5.41, 5.74) is 20.5. The van der Waals surface area contributed by atoms with Crippen LogP contribution in [0.5, 0.6) is 11.6 Å². The van der Waals surface area contributed by atoms with E-state index < -0.39 is 0 Å². The largest absolute Gasteiger partial charge is 2.00 e. The molecule has 0 atom stereocenters. The van der Waals surface area contributed by atoms with E-state index in [1.54, 1.807) is 0 Å². The number of aromatic nitrogens is 2. The van der Waals surface area contributed by atoms with Crippen molar-refractivity contribution in [2.45, 2.75) is 61.3 Å². The molecule has 0 aliphatic carbocycles. The summed E-state index contributed by atoms with van der Waals surface area (Å²) in [4.78, 5) is 14.5. The van der Waals surface area contributed by atoms with Crippen molar-refractivity contribution in [3.63, 3.8) is 0 Å². The van der Waals surface area contributed by atoms with E-state index >= 15 is 0 Å². The Kier molecular flexibility index (Phi) is 10.0. The minimum Gasteiger partial charge on any atom is -0.466 e. The van der Waals surface area contributed by atoms with Gasteiger partial charge in [0.05, 0.1) is 0 Å². The zero-order valence-electron chi connectivity index (χ0n) is 35.2. The van der Waals surface area contributed by atoms with Crippen molar-refractivity contribution < 1.29 is 25.8 Å². The molecule has 8 aromatic rings. The van der Waals surface area contributed by atoms with Gasteiger partial charge in [0, 0.05) is 47.0 Å². The molecule has 0 bridgehead atoms. The maximum absolute atomic E-state index is 6.61. The van der Waals surface area contributed by atoms with Gasteiger partial charge in [0.25, 0.3) is 0 Å². The summed E-state index contributed by atoms with van der Waals surface area (Å²) >= 11 is 0. The van der Waals surface area contributed by atoms with Crippen molar-refractivity contribution in [3.05, 3.63) is 173 Å². The standard InChI is InChI=1S/C53H45BN4O.Pt/c1-31(2)39-21-22-55-49(29-39)59-41-17-19-46-44(30-41)54-43-28-40(51-42-13-10-9-12-38(42)20-23-56-51)16-18-45(43)57(52-34(5)24-32(3)25-35(52)6)47-14-11-15-48(50(47)54)58(46)53-36(7)26-33(4)27-37(53)8;/h9-27,29,31H,1-8H3;/q-2;+2. The van der Waals surface area contributed by atoms with Crippen LogP contribution < -0.4 is 30.9 Å². The maximum atomic E-state index is 6.61. The maximum Gasteiger partial charge on any atom is 2.00 e. The number of aryl methyl sites for hydroxylation is 6. The zero-order chi connectivity index (χ0) is 40.7. The molecule has 0 radical (unpaired) electrons. The van der Waals surface area contributed by atoms with Gasteiger partial charge in [0.15, 0.2) is 0 Å². The van der Waals surface area contributed by atoms with Crippen LogP contribution in [0.4, 0.5) is 34.1 Å². The minimum atomic E-state index is -0.218. The summed E-state index contributed by atoms with van der Waals surface area (Å²) in [5, 5.41) is 2.25. The first-order valence-electron chi connectivity index (χ1n) is 20.5. The average molecular weight is 960 g/mol. The van der Waals surface area contributed by atoms with Gasteiger partial charge in [0.2, 0.25) is 12.6 Å². The van der Waals surface area contributed by atoms with Gasteiger partial charge >= 0.3 is 21.1 Å². The van der Waals surface area contributed by atoms with Crippen LogP contribution in [0, 0.1) is 53.7 Å². The predicted molar refractivity (Wildman–Crippen MR) is 246 cm³/mol. The SMILES string of the molecule is Cc1cc(C)c(N2c3ccc(Oc4cc(C(C)C)ccn4)[c-]c3B3c4[c-]c(-c5nccc6ccccc56)ccc4N(c4c(C)cc(C)cc4C)c4cccc2c43)c(C)c1.[Pt+2]. The van der Waals surface area contributed by atoms with Crippen molar-refractivity contribution in [3.8, 4) is 22.9 Å².